The molecule has 1 saturated heterocycles. The second-order valence-electron chi connectivity index (χ2n) is 4.71. The van der Waals surface area contributed by atoms with Crippen LogP contribution in [0.2, 0.25) is 0 Å². The molecule has 1 heterocycles. The normalized spacial score (nSPS) is 19.0. The Morgan fingerprint density at radius 1 is 1.48 bits per heavy atom. The standard InChI is InChI=1S/C13H16ClNO5S/c1-19-11-5-4-10(7-12(11)21(14,17)18)15-13(16)9-3-2-6-20-8-9/h4-5,7,9H,2-3,6,8H2,1H3,(H,15,16). The zero-order chi connectivity index (χ0) is 15.5. The average Bonchev–Trinajstić information content (AvgIpc) is 2.47. The van der Waals surface area contributed by atoms with E-state index < -0.39 is 9.05 Å². The first-order valence-corrected chi connectivity index (χ1v) is 8.74. The summed E-state index contributed by atoms with van der Waals surface area (Å²) in [7, 11) is 2.75. The maximum Gasteiger partial charge on any atom is 0.265 e. The molecule has 1 amide bonds. The summed E-state index contributed by atoms with van der Waals surface area (Å²) in [5, 5.41) is 2.68. The minimum Gasteiger partial charge on any atom is -0.495 e. The summed E-state index contributed by atoms with van der Waals surface area (Å²) in [5.41, 5.74) is 0.352. The first-order valence-electron chi connectivity index (χ1n) is 6.43. The van der Waals surface area contributed by atoms with Crippen LogP contribution in [0.5, 0.6) is 5.75 Å². The number of hydrogen-bond acceptors (Lipinski definition) is 5. The third-order valence-corrected chi connectivity index (χ3v) is 4.57. The van der Waals surface area contributed by atoms with Crippen molar-refractivity contribution in [3.05, 3.63) is 18.2 Å². The van der Waals surface area contributed by atoms with Crippen LogP contribution >= 0.6 is 10.7 Å². The Balaban J connectivity index is 2.19. The Morgan fingerprint density at radius 3 is 2.81 bits per heavy atom. The van der Waals surface area contributed by atoms with Gasteiger partial charge in [0.2, 0.25) is 5.91 Å². The molecule has 116 valence electrons. The largest absolute Gasteiger partial charge is 0.495 e. The number of rotatable bonds is 4. The van der Waals surface area contributed by atoms with Crippen LogP contribution in [0, 0.1) is 5.92 Å². The molecule has 1 unspecified atom stereocenters. The van der Waals surface area contributed by atoms with Crippen LogP contribution in [-0.4, -0.2) is 34.6 Å². The van der Waals surface area contributed by atoms with Gasteiger partial charge in [-0.3, -0.25) is 4.79 Å². The zero-order valence-electron chi connectivity index (χ0n) is 11.5. The highest BCUT2D eigenvalue weighted by atomic mass is 35.7. The summed E-state index contributed by atoms with van der Waals surface area (Å²) in [6.07, 6.45) is 1.59. The fourth-order valence-electron chi connectivity index (χ4n) is 2.14. The lowest BCUT2D eigenvalue weighted by molar-refractivity contribution is -0.123. The van der Waals surface area contributed by atoms with Gasteiger partial charge < -0.3 is 14.8 Å². The Bertz CT molecular complexity index is 625. The molecule has 1 aromatic rings. The van der Waals surface area contributed by atoms with Gasteiger partial charge >= 0.3 is 0 Å². The van der Waals surface area contributed by atoms with Gasteiger partial charge in [-0.2, -0.15) is 0 Å². The highest BCUT2D eigenvalue weighted by Gasteiger charge is 2.23. The van der Waals surface area contributed by atoms with Gasteiger partial charge in [0.25, 0.3) is 9.05 Å². The molecule has 0 aromatic heterocycles. The number of carbonyl (C=O) groups excluding carboxylic acids is 1. The monoisotopic (exact) mass is 333 g/mol. The van der Waals surface area contributed by atoms with E-state index in [9.17, 15) is 13.2 Å². The minimum absolute atomic E-state index is 0.129. The highest BCUT2D eigenvalue weighted by molar-refractivity contribution is 8.13. The molecular weight excluding hydrogens is 318 g/mol. The van der Waals surface area contributed by atoms with Crippen LogP contribution < -0.4 is 10.1 Å². The SMILES string of the molecule is COc1ccc(NC(=O)C2CCCOC2)cc1S(=O)(=O)Cl. The van der Waals surface area contributed by atoms with Gasteiger partial charge in [-0.05, 0) is 31.0 Å². The van der Waals surface area contributed by atoms with E-state index in [0.717, 1.165) is 12.8 Å². The van der Waals surface area contributed by atoms with Gasteiger partial charge in [0.05, 0.1) is 19.6 Å². The number of amides is 1. The quantitative estimate of drug-likeness (QED) is 0.852. The predicted molar refractivity (Wildman–Crippen MR) is 78.2 cm³/mol. The van der Waals surface area contributed by atoms with Crippen molar-refractivity contribution >= 4 is 31.3 Å². The molecule has 0 radical (unpaired) electrons. The molecule has 1 N–H and O–H groups in total. The number of ether oxygens (including phenoxy) is 2. The van der Waals surface area contributed by atoms with Gasteiger partial charge in [-0.15, -0.1) is 0 Å². The zero-order valence-corrected chi connectivity index (χ0v) is 13.0. The molecule has 1 atom stereocenters. The smallest absolute Gasteiger partial charge is 0.265 e. The molecule has 0 spiro atoms. The van der Waals surface area contributed by atoms with Crippen LogP contribution in [0.3, 0.4) is 0 Å². The van der Waals surface area contributed by atoms with Crippen molar-refractivity contribution in [3.8, 4) is 5.75 Å². The fraction of sp³-hybridized carbons (Fsp3) is 0.462. The molecule has 1 aliphatic rings. The lowest BCUT2D eigenvalue weighted by atomic mass is 10.0. The third kappa shape index (κ3) is 4.09. The van der Waals surface area contributed by atoms with Crippen molar-refractivity contribution in [3.63, 3.8) is 0 Å². The van der Waals surface area contributed by atoms with E-state index in [1.807, 2.05) is 0 Å². The molecule has 1 aromatic carbocycles. The maximum absolute atomic E-state index is 12.1. The average molecular weight is 334 g/mol. The van der Waals surface area contributed by atoms with Crippen molar-refractivity contribution < 1.29 is 22.7 Å². The van der Waals surface area contributed by atoms with Crippen molar-refractivity contribution in [2.75, 3.05) is 25.6 Å². The van der Waals surface area contributed by atoms with Gasteiger partial charge in [-0.25, -0.2) is 8.42 Å². The van der Waals surface area contributed by atoms with Gasteiger partial charge in [0, 0.05) is 23.0 Å². The molecule has 0 bridgehead atoms. The molecule has 1 fully saturated rings. The molecule has 2 rings (SSSR count). The molecule has 1 aliphatic heterocycles. The Labute approximate surface area is 127 Å². The molecule has 8 heteroatoms. The number of hydrogen-bond donors (Lipinski definition) is 1. The topological polar surface area (TPSA) is 81.7 Å². The molecule has 0 aliphatic carbocycles. The van der Waals surface area contributed by atoms with Crippen molar-refractivity contribution in [2.45, 2.75) is 17.7 Å². The van der Waals surface area contributed by atoms with E-state index in [4.69, 9.17) is 20.2 Å². The second-order valence-corrected chi connectivity index (χ2v) is 7.24. The summed E-state index contributed by atoms with van der Waals surface area (Å²) in [6, 6.07) is 4.29. The first-order chi connectivity index (χ1) is 9.91. The van der Waals surface area contributed by atoms with E-state index in [1.54, 1.807) is 6.07 Å². The lowest BCUT2D eigenvalue weighted by Gasteiger charge is -2.21. The number of methoxy groups -OCH3 is 1. The number of halogens is 1. The van der Waals surface area contributed by atoms with Crippen LogP contribution in [0.25, 0.3) is 0 Å². The van der Waals surface area contributed by atoms with Crippen LogP contribution in [0.15, 0.2) is 23.1 Å². The van der Waals surface area contributed by atoms with Crippen LogP contribution in [0.4, 0.5) is 5.69 Å². The first kappa shape index (κ1) is 16.1. The Hall–Kier alpha value is -1.31. The predicted octanol–water partition coefficient (Wildman–Crippen LogP) is 1.99. The molecule has 21 heavy (non-hydrogen) atoms. The van der Waals surface area contributed by atoms with Gasteiger partial charge in [0.15, 0.2) is 0 Å². The van der Waals surface area contributed by atoms with E-state index >= 15 is 0 Å². The molecular formula is C13H16ClNO5S. The van der Waals surface area contributed by atoms with Gasteiger partial charge in [-0.1, -0.05) is 0 Å². The Kier molecular flexibility index (Phi) is 5.08. The number of benzene rings is 1. The van der Waals surface area contributed by atoms with E-state index in [0.29, 0.717) is 18.9 Å². The summed E-state index contributed by atoms with van der Waals surface area (Å²) in [5.74, 6) is -0.293. The number of nitrogens with one attached hydrogen (secondary N) is 1. The minimum atomic E-state index is -3.96. The maximum atomic E-state index is 12.1. The summed E-state index contributed by atoms with van der Waals surface area (Å²) in [4.78, 5) is 11.9. The van der Waals surface area contributed by atoms with E-state index in [1.165, 1.54) is 19.2 Å². The van der Waals surface area contributed by atoms with E-state index in [-0.39, 0.29) is 22.5 Å². The number of anilines is 1. The molecule has 6 nitrogen and oxygen atoms in total. The summed E-state index contributed by atoms with van der Waals surface area (Å²) in [6.45, 7) is 1.05. The van der Waals surface area contributed by atoms with Crippen molar-refractivity contribution in [2.24, 2.45) is 5.92 Å². The Morgan fingerprint density at radius 2 is 2.24 bits per heavy atom. The van der Waals surface area contributed by atoms with E-state index in [2.05, 4.69) is 5.32 Å². The van der Waals surface area contributed by atoms with Crippen molar-refractivity contribution in [1.29, 1.82) is 0 Å². The fourth-order valence-corrected chi connectivity index (χ4v) is 3.16. The highest BCUT2D eigenvalue weighted by Crippen LogP contribution is 2.30. The summed E-state index contributed by atoms with van der Waals surface area (Å²) >= 11 is 0. The van der Waals surface area contributed by atoms with Gasteiger partial charge in [0.1, 0.15) is 10.6 Å². The number of carbonyl (C=O) groups is 1. The van der Waals surface area contributed by atoms with Crippen LogP contribution in [-0.2, 0) is 18.6 Å². The lowest BCUT2D eigenvalue weighted by Crippen LogP contribution is -2.30. The molecule has 0 saturated carbocycles. The second kappa shape index (κ2) is 6.64. The summed E-state index contributed by atoms with van der Waals surface area (Å²) < 4.78 is 33.2. The van der Waals surface area contributed by atoms with Crippen LogP contribution in [0.1, 0.15) is 12.8 Å². The third-order valence-electron chi connectivity index (χ3n) is 3.22. The van der Waals surface area contributed by atoms with Crippen molar-refractivity contribution in [1.82, 2.24) is 0 Å².